The second-order valence-electron chi connectivity index (χ2n) is 8.48. The Kier molecular flexibility index (Phi) is 4.98. The summed E-state index contributed by atoms with van der Waals surface area (Å²) >= 11 is 6.44. The number of aromatic amines is 1. The molecule has 0 spiro atoms. The number of carbonyl (C=O) groups is 1. The Morgan fingerprint density at radius 3 is 2.94 bits per heavy atom. The monoisotopic (exact) mass is 474 g/mol. The summed E-state index contributed by atoms with van der Waals surface area (Å²) in [6, 6.07) is 4.55. The summed E-state index contributed by atoms with van der Waals surface area (Å²) in [7, 11) is 0. The van der Waals surface area contributed by atoms with E-state index in [9.17, 15) is 14.3 Å². The predicted molar refractivity (Wildman–Crippen MR) is 115 cm³/mol. The quantitative estimate of drug-likeness (QED) is 0.483. The van der Waals surface area contributed by atoms with E-state index in [0.29, 0.717) is 52.3 Å². The zero-order valence-corrected chi connectivity index (χ0v) is 18.0. The number of imidazole rings is 1. The van der Waals surface area contributed by atoms with Crippen LogP contribution in [-0.4, -0.2) is 64.0 Å². The summed E-state index contributed by atoms with van der Waals surface area (Å²) in [6.45, 7) is 0.492. The third kappa shape index (κ3) is 3.54. The lowest BCUT2D eigenvalue weighted by Gasteiger charge is -2.16. The lowest BCUT2D eigenvalue weighted by Crippen LogP contribution is -2.34. The van der Waals surface area contributed by atoms with Crippen LogP contribution in [0.15, 0.2) is 18.2 Å². The van der Waals surface area contributed by atoms with E-state index in [0.717, 1.165) is 5.56 Å². The maximum atomic E-state index is 14.6. The summed E-state index contributed by atoms with van der Waals surface area (Å²) in [5.74, 6) is -0.0426. The SMILES string of the molecule is O=Cc1cc(F)c2c(c1)CCC2Nc1nc2nc(O[C@@H]3CO[C@H]4[C@@H]3OC[C@H]4O)[nH]c2cc1Cl. The first-order valence-electron chi connectivity index (χ1n) is 10.7. The van der Waals surface area contributed by atoms with Crippen molar-refractivity contribution in [2.24, 2.45) is 0 Å². The van der Waals surface area contributed by atoms with Gasteiger partial charge in [-0.3, -0.25) is 4.79 Å². The number of pyridine rings is 1. The first-order valence-corrected chi connectivity index (χ1v) is 11.1. The van der Waals surface area contributed by atoms with Crippen molar-refractivity contribution in [2.45, 2.75) is 43.3 Å². The minimum atomic E-state index is -0.663. The number of halogens is 2. The molecule has 1 aliphatic carbocycles. The van der Waals surface area contributed by atoms with Crippen molar-refractivity contribution < 1.29 is 28.5 Å². The van der Waals surface area contributed by atoms with Gasteiger partial charge in [-0.2, -0.15) is 4.98 Å². The van der Waals surface area contributed by atoms with E-state index < -0.39 is 24.1 Å². The molecule has 2 aliphatic heterocycles. The van der Waals surface area contributed by atoms with Crippen LogP contribution in [0.1, 0.15) is 33.9 Å². The highest BCUT2D eigenvalue weighted by Crippen LogP contribution is 2.38. The van der Waals surface area contributed by atoms with Crippen LogP contribution in [-0.2, 0) is 15.9 Å². The van der Waals surface area contributed by atoms with Gasteiger partial charge in [-0.05, 0) is 36.6 Å². The number of hydrogen-bond donors (Lipinski definition) is 3. The summed E-state index contributed by atoms with van der Waals surface area (Å²) in [5.41, 5.74) is 2.62. The highest BCUT2D eigenvalue weighted by molar-refractivity contribution is 6.33. The van der Waals surface area contributed by atoms with E-state index in [1.165, 1.54) is 6.07 Å². The number of nitrogens with zero attached hydrogens (tertiary/aromatic N) is 2. The van der Waals surface area contributed by atoms with Crippen LogP contribution in [0.4, 0.5) is 10.2 Å². The first kappa shape index (κ1) is 20.8. The van der Waals surface area contributed by atoms with Gasteiger partial charge in [0, 0.05) is 11.1 Å². The fourth-order valence-electron chi connectivity index (χ4n) is 4.86. The zero-order chi connectivity index (χ0) is 22.7. The third-order valence-electron chi connectivity index (χ3n) is 6.39. The minimum absolute atomic E-state index is 0.211. The molecule has 0 radical (unpaired) electrons. The molecule has 172 valence electrons. The molecule has 3 aliphatic rings. The Morgan fingerprint density at radius 1 is 1.24 bits per heavy atom. The molecule has 0 bridgehead atoms. The molecular weight excluding hydrogens is 455 g/mol. The van der Waals surface area contributed by atoms with Crippen molar-refractivity contribution in [2.75, 3.05) is 18.5 Å². The lowest BCUT2D eigenvalue weighted by molar-refractivity contribution is 0.00706. The van der Waals surface area contributed by atoms with Gasteiger partial charge in [-0.25, -0.2) is 9.37 Å². The van der Waals surface area contributed by atoms with Crippen LogP contribution >= 0.6 is 11.6 Å². The van der Waals surface area contributed by atoms with Crippen LogP contribution in [0.25, 0.3) is 11.2 Å². The number of benzene rings is 1. The number of aldehydes is 1. The molecule has 5 atom stereocenters. The molecular formula is C22H20ClFN4O5. The van der Waals surface area contributed by atoms with Crippen molar-refractivity contribution in [3.63, 3.8) is 0 Å². The normalized spacial score (nSPS) is 28.2. The van der Waals surface area contributed by atoms with Gasteiger partial charge in [0.1, 0.15) is 36.2 Å². The number of aryl methyl sites for hydroxylation is 1. The maximum Gasteiger partial charge on any atom is 0.296 e. The van der Waals surface area contributed by atoms with Crippen molar-refractivity contribution in [3.8, 4) is 6.01 Å². The molecule has 9 nitrogen and oxygen atoms in total. The smallest absolute Gasteiger partial charge is 0.296 e. The average molecular weight is 475 g/mol. The van der Waals surface area contributed by atoms with Gasteiger partial charge >= 0.3 is 0 Å². The number of rotatable bonds is 5. The van der Waals surface area contributed by atoms with E-state index in [1.807, 2.05) is 0 Å². The number of H-pyrrole nitrogens is 1. The second-order valence-corrected chi connectivity index (χ2v) is 8.89. The molecule has 2 saturated heterocycles. The van der Waals surface area contributed by atoms with Crippen molar-refractivity contribution in [3.05, 3.63) is 45.7 Å². The predicted octanol–water partition coefficient (Wildman–Crippen LogP) is 2.57. The highest BCUT2D eigenvalue weighted by atomic mass is 35.5. The molecule has 11 heteroatoms. The van der Waals surface area contributed by atoms with E-state index >= 15 is 0 Å². The number of aromatic nitrogens is 3. The number of aliphatic hydroxyl groups is 1. The number of aliphatic hydroxyl groups excluding tert-OH is 1. The second kappa shape index (κ2) is 7.91. The highest BCUT2D eigenvalue weighted by Gasteiger charge is 2.48. The molecule has 0 amide bonds. The molecule has 1 aromatic carbocycles. The minimum Gasteiger partial charge on any atom is -0.456 e. The fourth-order valence-corrected chi connectivity index (χ4v) is 5.06. The number of carbonyl (C=O) groups excluding carboxylic acids is 1. The standard InChI is InChI=1S/C22H20ClFN4O5/c23-11-5-14-21(28-22(26-14)33-16-8-32-18-15(30)7-31-19(16)18)27-20(11)25-13-2-1-10-3-9(6-29)4-12(24)17(10)13/h3-6,13,15-16,18-19,30H,1-2,7-8H2,(H2,25,26,27,28)/t13?,15-,16-,18-,19-/m1/s1. The average Bonchev–Trinajstić information content (AvgIpc) is 3.55. The van der Waals surface area contributed by atoms with Crippen molar-refractivity contribution in [1.29, 1.82) is 0 Å². The van der Waals surface area contributed by atoms with Gasteiger partial charge < -0.3 is 29.6 Å². The van der Waals surface area contributed by atoms with Gasteiger partial charge in [0.05, 0.1) is 29.8 Å². The summed E-state index contributed by atoms with van der Waals surface area (Å²) in [5, 5.41) is 13.4. The van der Waals surface area contributed by atoms with Gasteiger partial charge in [0.25, 0.3) is 6.01 Å². The Balaban J connectivity index is 1.23. The van der Waals surface area contributed by atoms with Crippen molar-refractivity contribution >= 4 is 34.9 Å². The van der Waals surface area contributed by atoms with Gasteiger partial charge in [-0.1, -0.05) is 11.6 Å². The molecule has 3 aromatic rings. The Bertz CT molecular complexity index is 1250. The fraction of sp³-hybridized carbons (Fsp3) is 0.409. The van der Waals surface area contributed by atoms with E-state index in [-0.39, 0.29) is 31.4 Å². The van der Waals surface area contributed by atoms with Gasteiger partial charge in [-0.15, -0.1) is 0 Å². The molecule has 6 rings (SSSR count). The van der Waals surface area contributed by atoms with E-state index in [4.69, 9.17) is 25.8 Å². The summed E-state index contributed by atoms with van der Waals surface area (Å²) < 4.78 is 31.7. The maximum absolute atomic E-state index is 14.6. The molecule has 0 saturated carbocycles. The van der Waals surface area contributed by atoms with E-state index in [2.05, 4.69) is 20.3 Å². The largest absolute Gasteiger partial charge is 0.456 e. The third-order valence-corrected chi connectivity index (χ3v) is 6.67. The number of fused-ring (bicyclic) bond motifs is 3. The van der Waals surface area contributed by atoms with Crippen molar-refractivity contribution in [1.82, 2.24) is 15.0 Å². The van der Waals surface area contributed by atoms with Gasteiger partial charge in [0.2, 0.25) is 0 Å². The van der Waals surface area contributed by atoms with Crippen LogP contribution in [0.3, 0.4) is 0 Å². The van der Waals surface area contributed by atoms with Crippen LogP contribution in [0, 0.1) is 5.82 Å². The van der Waals surface area contributed by atoms with Crippen LogP contribution < -0.4 is 10.1 Å². The molecule has 4 heterocycles. The molecule has 3 N–H and O–H groups in total. The Morgan fingerprint density at radius 2 is 2.09 bits per heavy atom. The Labute approximate surface area is 192 Å². The summed E-state index contributed by atoms with van der Waals surface area (Å²) in [6.07, 6.45) is 0.106. The molecule has 1 unspecified atom stereocenters. The molecule has 2 aromatic heterocycles. The zero-order valence-electron chi connectivity index (χ0n) is 17.3. The van der Waals surface area contributed by atoms with Crippen LogP contribution in [0.5, 0.6) is 6.01 Å². The lowest BCUT2D eigenvalue weighted by atomic mass is 10.0. The molecule has 2 fully saturated rings. The first-order chi connectivity index (χ1) is 16.0. The number of anilines is 1. The Hall–Kier alpha value is -2.79. The number of hydrogen-bond acceptors (Lipinski definition) is 8. The van der Waals surface area contributed by atoms with Gasteiger partial charge in [0.15, 0.2) is 11.8 Å². The molecule has 33 heavy (non-hydrogen) atoms. The topological polar surface area (TPSA) is 119 Å². The van der Waals surface area contributed by atoms with Crippen LogP contribution in [0.2, 0.25) is 5.02 Å². The van der Waals surface area contributed by atoms with E-state index in [1.54, 1.807) is 12.1 Å². The summed E-state index contributed by atoms with van der Waals surface area (Å²) in [4.78, 5) is 23.0. The number of nitrogens with one attached hydrogen (secondary N) is 2. The number of ether oxygens (including phenoxy) is 3.